The minimum Gasteiger partial charge on any atom is -0.329 e. The molecule has 0 amide bonds. The molecule has 114 valence electrons. The number of hydrogen-bond donors (Lipinski definition) is 2. The minimum atomic E-state index is -3.69. The van der Waals surface area contributed by atoms with Gasteiger partial charge in [-0.1, -0.05) is 31.5 Å². The highest BCUT2D eigenvalue weighted by molar-refractivity contribution is 7.89. The van der Waals surface area contributed by atoms with Crippen LogP contribution in [0.25, 0.3) is 0 Å². The Morgan fingerprint density at radius 2 is 2.00 bits per heavy atom. The summed E-state index contributed by atoms with van der Waals surface area (Å²) >= 11 is 6.01. The zero-order chi connectivity index (χ0) is 15.6. The van der Waals surface area contributed by atoms with Gasteiger partial charge in [0.25, 0.3) is 0 Å². The van der Waals surface area contributed by atoms with Crippen LogP contribution in [-0.4, -0.2) is 20.5 Å². The summed E-state index contributed by atoms with van der Waals surface area (Å²) in [7, 11) is -3.69. The molecule has 1 aromatic carbocycles. The Kier molecular flexibility index (Phi) is 5.61. The number of sulfonamides is 1. The van der Waals surface area contributed by atoms with Crippen molar-refractivity contribution in [3.05, 3.63) is 28.8 Å². The molecular weight excluding hydrogens is 296 g/mol. The Bertz CT molecular complexity index is 573. The summed E-state index contributed by atoms with van der Waals surface area (Å²) in [6.45, 7) is 7.93. The molecule has 4 nitrogen and oxygen atoms in total. The molecular formula is C14H23ClN2O2S. The largest absolute Gasteiger partial charge is 0.329 e. The summed E-state index contributed by atoms with van der Waals surface area (Å²) in [6.07, 6.45) is 0.659. The van der Waals surface area contributed by atoms with Crippen LogP contribution in [-0.2, 0) is 10.0 Å². The molecule has 0 heterocycles. The first-order chi connectivity index (χ1) is 9.09. The molecule has 0 radical (unpaired) electrons. The molecule has 0 saturated heterocycles. The van der Waals surface area contributed by atoms with Gasteiger partial charge in [0.15, 0.2) is 0 Å². The molecule has 1 rings (SSSR count). The van der Waals surface area contributed by atoms with E-state index in [4.69, 9.17) is 17.3 Å². The molecule has 3 N–H and O–H groups in total. The lowest BCUT2D eigenvalue weighted by Gasteiger charge is -2.31. The maximum atomic E-state index is 12.5. The Hall–Kier alpha value is -0.620. The second kappa shape index (κ2) is 6.43. The molecule has 20 heavy (non-hydrogen) atoms. The molecule has 1 atom stereocenters. The third kappa shape index (κ3) is 4.45. The maximum absolute atomic E-state index is 12.5. The van der Waals surface area contributed by atoms with Crippen LogP contribution in [0.1, 0.15) is 32.8 Å². The van der Waals surface area contributed by atoms with Crippen LogP contribution in [0.3, 0.4) is 0 Å². The predicted octanol–water partition coefficient (Wildman–Crippen LogP) is 2.69. The molecule has 0 spiro atoms. The second-order valence-electron chi connectivity index (χ2n) is 5.90. The fourth-order valence-corrected chi connectivity index (χ4v) is 4.28. The van der Waals surface area contributed by atoms with E-state index in [0.29, 0.717) is 12.3 Å². The zero-order valence-electron chi connectivity index (χ0n) is 12.4. The number of aryl methyl sites for hydroxylation is 1. The van der Waals surface area contributed by atoms with Crippen molar-refractivity contribution >= 4 is 21.6 Å². The monoisotopic (exact) mass is 318 g/mol. The van der Waals surface area contributed by atoms with Crippen molar-refractivity contribution < 1.29 is 8.42 Å². The lowest BCUT2D eigenvalue weighted by molar-refractivity contribution is 0.344. The van der Waals surface area contributed by atoms with E-state index in [0.717, 1.165) is 5.56 Å². The van der Waals surface area contributed by atoms with E-state index in [-0.39, 0.29) is 16.5 Å². The molecule has 1 unspecified atom stereocenters. The number of rotatable bonds is 6. The number of nitrogens with one attached hydrogen (secondary N) is 1. The summed E-state index contributed by atoms with van der Waals surface area (Å²) in [4.78, 5) is 0.0996. The van der Waals surface area contributed by atoms with E-state index in [1.165, 1.54) is 0 Å². The standard InChI is InChI=1S/C14H23ClN2O2S/c1-10(2)8-14(4,9-16)17-20(18,19)13-7-11(3)5-6-12(13)15/h5-7,10,17H,8-9,16H2,1-4H3. The second-order valence-corrected chi connectivity index (χ2v) is 7.96. The molecule has 0 saturated carbocycles. The molecule has 6 heteroatoms. The van der Waals surface area contributed by atoms with Gasteiger partial charge in [-0.25, -0.2) is 13.1 Å². The van der Waals surface area contributed by atoms with Gasteiger partial charge < -0.3 is 5.73 Å². The van der Waals surface area contributed by atoms with Gasteiger partial charge in [0.2, 0.25) is 10.0 Å². The van der Waals surface area contributed by atoms with E-state index >= 15 is 0 Å². The van der Waals surface area contributed by atoms with Crippen molar-refractivity contribution in [2.75, 3.05) is 6.54 Å². The number of benzene rings is 1. The van der Waals surface area contributed by atoms with Crippen molar-refractivity contribution in [2.24, 2.45) is 11.7 Å². The van der Waals surface area contributed by atoms with Crippen LogP contribution in [0, 0.1) is 12.8 Å². The summed E-state index contributed by atoms with van der Waals surface area (Å²) < 4.78 is 27.7. The van der Waals surface area contributed by atoms with Gasteiger partial charge in [-0.2, -0.15) is 0 Å². The van der Waals surface area contributed by atoms with E-state index < -0.39 is 15.6 Å². The Labute approximate surface area is 126 Å². The van der Waals surface area contributed by atoms with Crippen molar-refractivity contribution in [1.29, 1.82) is 0 Å². The highest BCUT2D eigenvalue weighted by Gasteiger charge is 2.31. The molecule has 1 aromatic rings. The SMILES string of the molecule is Cc1ccc(Cl)c(S(=O)(=O)NC(C)(CN)CC(C)C)c1. The van der Waals surface area contributed by atoms with Gasteiger partial charge in [-0.15, -0.1) is 0 Å². The van der Waals surface area contributed by atoms with E-state index in [1.54, 1.807) is 18.2 Å². The average Bonchev–Trinajstić information content (AvgIpc) is 2.30. The summed E-state index contributed by atoms with van der Waals surface area (Å²) in [5.74, 6) is 0.333. The van der Waals surface area contributed by atoms with Gasteiger partial charge in [0.1, 0.15) is 4.90 Å². The third-order valence-electron chi connectivity index (χ3n) is 3.07. The Morgan fingerprint density at radius 1 is 1.40 bits per heavy atom. The Morgan fingerprint density at radius 3 is 2.50 bits per heavy atom. The van der Waals surface area contributed by atoms with Crippen LogP contribution in [0.15, 0.2) is 23.1 Å². The molecule has 0 bridgehead atoms. The first kappa shape index (κ1) is 17.4. The van der Waals surface area contributed by atoms with Gasteiger partial charge in [-0.3, -0.25) is 0 Å². The molecule has 0 aliphatic heterocycles. The molecule has 0 aliphatic carbocycles. The predicted molar refractivity (Wildman–Crippen MR) is 83.4 cm³/mol. The zero-order valence-corrected chi connectivity index (χ0v) is 14.0. The fourth-order valence-electron chi connectivity index (χ4n) is 2.26. The number of halogens is 1. The normalized spacial score (nSPS) is 15.3. The Balaban J connectivity index is 3.14. The van der Waals surface area contributed by atoms with Gasteiger partial charge in [-0.05, 0) is 43.9 Å². The van der Waals surface area contributed by atoms with Crippen LogP contribution < -0.4 is 10.5 Å². The van der Waals surface area contributed by atoms with Gasteiger partial charge in [0.05, 0.1) is 5.02 Å². The lowest BCUT2D eigenvalue weighted by Crippen LogP contribution is -2.52. The average molecular weight is 319 g/mol. The lowest BCUT2D eigenvalue weighted by atomic mass is 9.92. The number of hydrogen-bond acceptors (Lipinski definition) is 3. The van der Waals surface area contributed by atoms with Crippen LogP contribution in [0.5, 0.6) is 0 Å². The quantitative estimate of drug-likeness (QED) is 0.847. The van der Waals surface area contributed by atoms with Crippen molar-refractivity contribution in [1.82, 2.24) is 4.72 Å². The van der Waals surface area contributed by atoms with Crippen LogP contribution in [0.4, 0.5) is 0 Å². The van der Waals surface area contributed by atoms with Gasteiger partial charge >= 0.3 is 0 Å². The summed E-state index contributed by atoms with van der Waals surface area (Å²) in [6, 6.07) is 4.93. The topological polar surface area (TPSA) is 72.2 Å². The van der Waals surface area contributed by atoms with Crippen LogP contribution >= 0.6 is 11.6 Å². The first-order valence-corrected chi connectivity index (χ1v) is 8.46. The van der Waals surface area contributed by atoms with Crippen LogP contribution in [0.2, 0.25) is 5.02 Å². The fraction of sp³-hybridized carbons (Fsp3) is 0.571. The van der Waals surface area contributed by atoms with E-state index in [9.17, 15) is 8.42 Å². The third-order valence-corrected chi connectivity index (χ3v) is 5.19. The summed E-state index contributed by atoms with van der Waals surface area (Å²) in [5, 5.41) is 0.215. The summed E-state index contributed by atoms with van der Waals surface area (Å²) in [5.41, 5.74) is 5.91. The van der Waals surface area contributed by atoms with Gasteiger partial charge in [0, 0.05) is 12.1 Å². The van der Waals surface area contributed by atoms with E-state index in [2.05, 4.69) is 4.72 Å². The highest BCUT2D eigenvalue weighted by atomic mass is 35.5. The molecule has 0 fully saturated rings. The molecule has 0 aliphatic rings. The van der Waals surface area contributed by atoms with Crippen molar-refractivity contribution in [3.8, 4) is 0 Å². The van der Waals surface area contributed by atoms with Crippen molar-refractivity contribution in [3.63, 3.8) is 0 Å². The number of nitrogens with two attached hydrogens (primary N) is 1. The minimum absolute atomic E-state index is 0.0996. The molecule has 0 aromatic heterocycles. The highest BCUT2D eigenvalue weighted by Crippen LogP contribution is 2.25. The first-order valence-electron chi connectivity index (χ1n) is 6.60. The maximum Gasteiger partial charge on any atom is 0.242 e. The smallest absolute Gasteiger partial charge is 0.242 e. The van der Waals surface area contributed by atoms with Crippen molar-refractivity contribution in [2.45, 2.75) is 44.6 Å². The van der Waals surface area contributed by atoms with E-state index in [1.807, 2.05) is 27.7 Å².